The quantitative estimate of drug-likeness (QED) is 0.273. The minimum absolute atomic E-state index is 0. The Morgan fingerprint density at radius 1 is 1.21 bits per heavy atom. The highest BCUT2D eigenvalue weighted by molar-refractivity contribution is 14.0. The summed E-state index contributed by atoms with van der Waals surface area (Å²) in [5, 5.41) is 20.0. The van der Waals surface area contributed by atoms with Gasteiger partial charge >= 0.3 is 0 Å². The van der Waals surface area contributed by atoms with Crippen molar-refractivity contribution in [2.45, 2.75) is 45.3 Å². The zero-order valence-corrected chi connectivity index (χ0v) is 22.1. The van der Waals surface area contributed by atoms with Crippen molar-refractivity contribution in [1.29, 1.82) is 0 Å². The van der Waals surface area contributed by atoms with E-state index in [-0.39, 0.29) is 30.0 Å². The summed E-state index contributed by atoms with van der Waals surface area (Å²) < 4.78 is 3.83. The number of hydrogen-bond donors (Lipinski definition) is 2. The van der Waals surface area contributed by atoms with Gasteiger partial charge in [0.15, 0.2) is 11.8 Å². The number of halogens is 1. The van der Waals surface area contributed by atoms with Crippen LogP contribution in [0, 0.1) is 6.92 Å². The summed E-state index contributed by atoms with van der Waals surface area (Å²) in [6, 6.07) is 10.8. The fraction of sp³-hybridized carbons (Fsp3) is 0.478. The number of aliphatic imine (C=N–C) groups is 1. The molecule has 3 aromatic rings. The Bertz CT molecular complexity index is 1040. The van der Waals surface area contributed by atoms with E-state index in [0.717, 1.165) is 49.2 Å². The van der Waals surface area contributed by atoms with Crippen molar-refractivity contribution in [2.75, 3.05) is 18.0 Å². The summed E-state index contributed by atoms with van der Waals surface area (Å²) in [5.74, 6) is 2.52. The molecule has 1 fully saturated rings. The van der Waals surface area contributed by atoms with E-state index in [1.54, 1.807) is 0 Å². The number of piperidine rings is 1. The monoisotopic (exact) mass is 563 g/mol. The molecule has 0 bridgehead atoms. The number of nitrogens with zero attached hydrogens (tertiary/aromatic N) is 7. The van der Waals surface area contributed by atoms with Gasteiger partial charge < -0.3 is 20.1 Å². The normalized spacial score (nSPS) is 17.4. The minimum Gasteiger partial charge on any atom is -0.367 e. The summed E-state index contributed by atoms with van der Waals surface area (Å²) in [6.07, 6.45) is 6.23. The lowest BCUT2D eigenvalue weighted by atomic mass is 10.1. The third-order valence-electron chi connectivity index (χ3n) is 6.03. The van der Waals surface area contributed by atoms with Crippen LogP contribution in [0.4, 0.5) is 5.69 Å². The molecule has 10 heteroatoms. The highest BCUT2D eigenvalue weighted by Crippen LogP contribution is 2.19. The summed E-state index contributed by atoms with van der Waals surface area (Å²) >= 11 is 0. The fourth-order valence-electron chi connectivity index (χ4n) is 4.00. The van der Waals surface area contributed by atoms with E-state index in [2.05, 4.69) is 68.2 Å². The molecular weight excluding hydrogens is 529 g/mol. The van der Waals surface area contributed by atoms with Gasteiger partial charge in [-0.2, -0.15) is 5.10 Å². The molecular formula is C23H34IN9. The topological polar surface area (TPSA) is 88.2 Å². The largest absolute Gasteiger partial charge is 0.367 e. The first kappa shape index (κ1) is 25.0. The smallest absolute Gasteiger partial charge is 0.192 e. The Labute approximate surface area is 212 Å². The molecule has 1 aromatic carbocycles. The van der Waals surface area contributed by atoms with Crippen LogP contribution in [0.5, 0.6) is 0 Å². The Morgan fingerprint density at radius 3 is 2.67 bits per heavy atom. The second kappa shape index (κ2) is 11.5. The first-order valence-corrected chi connectivity index (χ1v) is 11.2. The lowest BCUT2D eigenvalue weighted by Crippen LogP contribution is -2.51. The molecule has 9 nitrogen and oxygen atoms in total. The molecule has 0 spiro atoms. The number of anilines is 1. The first-order valence-electron chi connectivity index (χ1n) is 11.2. The number of aryl methyl sites for hydroxylation is 2. The molecule has 2 N–H and O–H groups in total. The predicted molar refractivity (Wildman–Crippen MR) is 142 cm³/mol. The van der Waals surface area contributed by atoms with E-state index >= 15 is 0 Å². The van der Waals surface area contributed by atoms with Crippen molar-refractivity contribution in [3.63, 3.8) is 0 Å². The summed E-state index contributed by atoms with van der Waals surface area (Å²) in [7, 11) is 3.93. The molecule has 4 rings (SSSR count). The molecule has 1 aliphatic heterocycles. The standard InChI is InChI=1S/C23H33N9.HI/c1-17(19-9-6-5-7-10-19)26-23(24-14-22-29-28-18(2)31(22)4)27-20-11-8-12-32(15-20)21-13-25-30(3)16-21;/h5-7,9-10,13,16-17,20H,8,11-12,14-15H2,1-4H3,(H2,24,26,27);1H. The highest BCUT2D eigenvalue weighted by atomic mass is 127. The van der Waals surface area contributed by atoms with Crippen molar-refractivity contribution in [3.8, 4) is 0 Å². The maximum absolute atomic E-state index is 4.87. The van der Waals surface area contributed by atoms with Gasteiger partial charge in [-0.3, -0.25) is 4.68 Å². The lowest BCUT2D eigenvalue weighted by molar-refractivity contribution is 0.465. The second-order valence-corrected chi connectivity index (χ2v) is 8.47. The van der Waals surface area contributed by atoms with Gasteiger partial charge in [0.1, 0.15) is 12.4 Å². The van der Waals surface area contributed by atoms with E-state index in [9.17, 15) is 0 Å². The van der Waals surface area contributed by atoms with Gasteiger partial charge in [-0.15, -0.1) is 34.2 Å². The lowest BCUT2D eigenvalue weighted by Gasteiger charge is -2.35. The molecule has 0 aliphatic carbocycles. The third-order valence-corrected chi connectivity index (χ3v) is 6.03. The van der Waals surface area contributed by atoms with Crippen LogP contribution in [0.25, 0.3) is 0 Å². The van der Waals surface area contributed by atoms with Crippen LogP contribution in [-0.4, -0.2) is 49.6 Å². The van der Waals surface area contributed by atoms with E-state index < -0.39 is 0 Å². The Balaban J connectivity index is 0.00000306. The molecule has 2 atom stereocenters. The van der Waals surface area contributed by atoms with Gasteiger partial charge in [-0.1, -0.05) is 30.3 Å². The fourth-order valence-corrected chi connectivity index (χ4v) is 4.00. The minimum atomic E-state index is 0. The number of hydrogen-bond acceptors (Lipinski definition) is 5. The van der Waals surface area contributed by atoms with Crippen molar-refractivity contribution in [1.82, 2.24) is 35.2 Å². The number of nitrogens with one attached hydrogen (secondary N) is 2. The van der Waals surface area contributed by atoms with Crippen molar-refractivity contribution in [3.05, 3.63) is 59.9 Å². The Kier molecular flexibility index (Phi) is 8.70. The molecule has 33 heavy (non-hydrogen) atoms. The van der Waals surface area contributed by atoms with Crippen LogP contribution in [-0.2, 0) is 20.6 Å². The second-order valence-electron chi connectivity index (χ2n) is 8.47. The Morgan fingerprint density at radius 2 is 2.00 bits per heavy atom. The van der Waals surface area contributed by atoms with Crippen LogP contribution < -0.4 is 15.5 Å². The summed E-state index contributed by atoms with van der Waals surface area (Å²) in [4.78, 5) is 7.25. The van der Waals surface area contributed by atoms with Crippen LogP contribution in [0.3, 0.4) is 0 Å². The van der Waals surface area contributed by atoms with Gasteiger partial charge in [0.25, 0.3) is 0 Å². The maximum Gasteiger partial charge on any atom is 0.192 e. The zero-order chi connectivity index (χ0) is 22.5. The van der Waals surface area contributed by atoms with Gasteiger partial charge in [-0.25, -0.2) is 4.99 Å². The van der Waals surface area contributed by atoms with Crippen LogP contribution in [0.1, 0.15) is 43.0 Å². The molecule has 1 saturated heterocycles. The number of rotatable bonds is 6. The molecule has 0 saturated carbocycles. The van der Waals surface area contributed by atoms with Crippen LogP contribution in [0.15, 0.2) is 47.7 Å². The SMILES string of the molecule is Cc1nnc(CN=C(NC2CCCN(c3cnn(C)c3)C2)NC(C)c2ccccc2)n1C.I. The molecule has 178 valence electrons. The molecule has 2 aromatic heterocycles. The van der Waals surface area contributed by atoms with E-state index in [0.29, 0.717) is 12.6 Å². The predicted octanol–water partition coefficient (Wildman–Crippen LogP) is 2.94. The number of guanidine groups is 1. The average Bonchev–Trinajstić information content (AvgIpc) is 3.38. The van der Waals surface area contributed by atoms with Crippen LogP contribution >= 0.6 is 24.0 Å². The van der Waals surface area contributed by atoms with Gasteiger partial charge in [0.05, 0.1) is 17.9 Å². The molecule has 3 heterocycles. The van der Waals surface area contributed by atoms with Crippen molar-refractivity contribution >= 4 is 35.6 Å². The van der Waals surface area contributed by atoms with Gasteiger partial charge in [-0.05, 0) is 32.3 Å². The summed E-state index contributed by atoms with van der Waals surface area (Å²) in [5.41, 5.74) is 2.38. The molecule has 2 unspecified atom stereocenters. The molecule has 0 radical (unpaired) electrons. The number of aromatic nitrogens is 5. The maximum atomic E-state index is 4.87. The van der Waals surface area contributed by atoms with Crippen molar-refractivity contribution < 1.29 is 0 Å². The zero-order valence-electron chi connectivity index (χ0n) is 19.8. The number of benzene rings is 1. The van der Waals surface area contributed by atoms with Gasteiger partial charge in [0.2, 0.25) is 0 Å². The Hall–Kier alpha value is -2.63. The highest BCUT2D eigenvalue weighted by Gasteiger charge is 2.22. The first-order chi connectivity index (χ1) is 15.5. The van der Waals surface area contributed by atoms with E-state index in [4.69, 9.17) is 4.99 Å². The van der Waals surface area contributed by atoms with E-state index in [1.807, 2.05) is 42.5 Å². The van der Waals surface area contributed by atoms with Gasteiger partial charge in [0, 0.05) is 39.4 Å². The molecule has 1 aliphatic rings. The average molecular weight is 563 g/mol. The van der Waals surface area contributed by atoms with Crippen LogP contribution in [0.2, 0.25) is 0 Å². The van der Waals surface area contributed by atoms with E-state index in [1.165, 1.54) is 5.56 Å². The third kappa shape index (κ3) is 6.46. The van der Waals surface area contributed by atoms with Crippen molar-refractivity contribution in [2.24, 2.45) is 19.1 Å². The summed E-state index contributed by atoms with van der Waals surface area (Å²) in [6.45, 7) is 6.52. The molecule has 0 amide bonds.